The highest BCUT2D eigenvalue weighted by molar-refractivity contribution is 7.18. The summed E-state index contributed by atoms with van der Waals surface area (Å²) in [5.74, 6) is -0.121. The third kappa shape index (κ3) is 2.07. The summed E-state index contributed by atoms with van der Waals surface area (Å²) in [7, 11) is 0. The van der Waals surface area contributed by atoms with Crippen LogP contribution in [0, 0.1) is 17.1 Å². The van der Waals surface area contributed by atoms with Crippen molar-refractivity contribution < 1.29 is 4.39 Å². The van der Waals surface area contributed by atoms with E-state index in [2.05, 4.69) is 9.97 Å². The van der Waals surface area contributed by atoms with Crippen molar-refractivity contribution >= 4 is 54.8 Å². The molecule has 5 rings (SSSR count). The molecule has 0 saturated carbocycles. The summed E-state index contributed by atoms with van der Waals surface area (Å²) in [6, 6.07) is 14.2. The molecule has 0 radical (unpaired) electrons. The molecule has 2 aromatic heterocycles. The average Bonchev–Trinajstić information content (AvgIpc) is 3.28. The van der Waals surface area contributed by atoms with E-state index < -0.39 is 5.82 Å². The molecule has 0 spiro atoms. The van der Waals surface area contributed by atoms with Crippen LogP contribution in [0.25, 0.3) is 43.3 Å². The summed E-state index contributed by atoms with van der Waals surface area (Å²) in [6.45, 7) is 0. The molecule has 0 aliphatic carbocycles. The van der Waals surface area contributed by atoms with Gasteiger partial charge in [0.05, 0.1) is 32.9 Å². The molecular weight excluding hydrogens is 369 g/mol. The summed E-state index contributed by atoms with van der Waals surface area (Å²) >= 11 is 7.78. The van der Waals surface area contributed by atoms with Gasteiger partial charge in [0.2, 0.25) is 0 Å². The van der Waals surface area contributed by atoms with Crippen molar-refractivity contribution in [3.63, 3.8) is 0 Å². The molecule has 0 aliphatic heterocycles. The predicted molar refractivity (Wildman–Crippen MR) is 104 cm³/mol. The van der Waals surface area contributed by atoms with E-state index in [1.54, 1.807) is 17.4 Å². The summed E-state index contributed by atoms with van der Waals surface area (Å²) in [6.07, 6.45) is 0. The van der Waals surface area contributed by atoms with Crippen molar-refractivity contribution in [2.45, 2.75) is 0 Å². The molecule has 3 aromatic carbocycles. The molecule has 0 bridgehead atoms. The molecule has 5 aromatic rings. The first-order valence-electron chi connectivity index (χ1n) is 7.84. The van der Waals surface area contributed by atoms with E-state index >= 15 is 0 Å². The van der Waals surface area contributed by atoms with E-state index in [0.29, 0.717) is 10.8 Å². The van der Waals surface area contributed by atoms with Gasteiger partial charge in [0.25, 0.3) is 0 Å². The minimum atomic E-state index is -0.474. The summed E-state index contributed by atoms with van der Waals surface area (Å²) in [5.41, 5.74) is 2.03. The zero-order valence-electron chi connectivity index (χ0n) is 13.2. The smallest absolute Gasteiger partial charge is 0.142 e. The van der Waals surface area contributed by atoms with E-state index in [4.69, 9.17) is 11.6 Å². The second-order valence-electron chi connectivity index (χ2n) is 5.94. The van der Waals surface area contributed by atoms with E-state index in [1.165, 1.54) is 12.1 Å². The van der Waals surface area contributed by atoms with Crippen molar-refractivity contribution in [3.05, 3.63) is 64.2 Å². The summed E-state index contributed by atoms with van der Waals surface area (Å²) in [4.78, 5) is 7.90. The second-order valence-corrected chi connectivity index (χ2v) is 7.29. The van der Waals surface area contributed by atoms with Gasteiger partial charge in [-0.15, -0.1) is 11.3 Å². The lowest BCUT2D eigenvalue weighted by molar-refractivity contribution is 0.630. The number of nitrogens with zero attached hydrogens (tertiary/aromatic N) is 2. The first-order chi connectivity index (χ1) is 12.7. The number of H-pyrrole nitrogens is 1. The number of aromatic amines is 1. The Morgan fingerprint density at radius 1 is 1.12 bits per heavy atom. The highest BCUT2D eigenvalue weighted by Gasteiger charge is 2.18. The van der Waals surface area contributed by atoms with Gasteiger partial charge in [-0.25, -0.2) is 9.37 Å². The van der Waals surface area contributed by atoms with Crippen LogP contribution < -0.4 is 0 Å². The molecule has 3 nitrogen and oxygen atoms in total. The van der Waals surface area contributed by atoms with Gasteiger partial charge < -0.3 is 4.98 Å². The highest BCUT2D eigenvalue weighted by atomic mass is 35.5. The predicted octanol–water partition coefficient (Wildman–Crippen LogP) is 6.26. The lowest BCUT2D eigenvalue weighted by Gasteiger charge is -2.02. The Labute approximate surface area is 156 Å². The Balaban J connectivity index is 1.96. The van der Waals surface area contributed by atoms with E-state index in [0.717, 1.165) is 31.9 Å². The fourth-order valence-corrected chi connectivity index (χ4v) is 4.45. The van der Waals surface area contributed by atoms with Gasteiger partial charge in [0.1, 0.15) is 11.6 Å². The van der Waals surface area contributed by atoms with Crippen LogP contribution >= 0.6 is 22.9 Å². The number of hydrogen-bond donors (Lipinski definition) is 1. The zero-order valence-corrected chi connectivity index (χ0v) is 14.7. The Morgan fingerprint density at radius 2 is 2.00 bits per heavy atom. The Hall–Kier alpha value is -2.94. The molecule has 0 aliphatic rings. The van der Waals surface area contributed by atoms with Gasteiger partial charge in [-0.1, -0.05) is 23.7 Å². The van der Waals surface area contributed by atoms with Crippen molar-refractivity contribution in [1.82, 2.24) is 9.97 Å². The molecule has 0 atom stereocenters. The number of fused-ring (bicyclic) bond motifs is 6. The van der Waals surface area contributed by atoms with Crippen LogP contribution in [0.3, 0.4) is 0 Å². The summed E-state index contributed by atoms with van der Waals surface area (Å²) < 4.78 is 15.5. The molecule has 26 heavy (non-hydrogen) atoms. The number of aromatic nitrogens is 2. The molecule has 6 heteroatoms. The Bertz CT molecular complexity index is 1380. The van der Waals surface area contributed by atoms with E-state index in [9.17, 15) is 9.65 Å². The van der Waals surface area contributed by atoms with Gasteiger partial charge in [-0.3, -0.25) is 0 Å². The van der Waals surface area contributed by atoms with Crippen molar-refractivity contribution in [2.24, 2.45) is 0 Å². The van der Waals surface area contributed by atoms with Crippen LogP contribution in [0.15, 0.2) is 47.8 Å². The fraction of sp³-hybridized carbons (Fsp3) is 0. The minimum Gasteiger partial charge on any atom is -0.337 e. The van der Waals surface area contributed by atoms with Crippen LogP contribution in [-0.4, -0.2) is 9.97 Å². The SMILES string of the molecule is N#Cc1cccc(F)c1-c1nc2c3ccc(Cl)cc3c3ccsc3c2[nH]1. The fourth-order valence-electron chi connectivity index (χ4n) is 3.37. The first-order valence-corrected chi connectivity index (χ1v) is 9.10. The maximum atomic E-state index is 14.4. The minimum absolute atomic E-state index is 0.193. The number of benzene rings is 3. The van der Waals surface area contributed by atoms with Gasteiger partial charge in [0, 0.05) is 15.8 Å². The maximum Gasteiger partial charge on any atom is 0.142 e. The molecular formula is C20H9ClFN3S. The number of rotatable bonds is 1. The number of thiophene rings is 1. The lowest BCUT2D eigenvalue weighted by atomic mass is 10.1. The molecule has 2 heterocycles. The third-order valence-electron chi connectivity index (χ3n) is 4.49. The monoisotopic (exact) mass is 377 g/mol. The number of hydrogen-bond acceptors (Lipinski definition) is 3. The largest absolute Gasteiger partial charge is 0.337 e. The molecule has 1 N–H and O–H groups in total. The Kier molecular flexibility index (Phi) is 3.26. The average molecular weight is 378 g/mol. The lowest BCUT2D eigenvalue weighted by Crippen LogP contribution is -1.91. The number of halogens is 2. The number of nitrogens with one attached hydrogen (secondary N) is 1. The van der Waals surface area contributed by atoms with Gasteiger partial charge >= 0.3 is 0 Å². The number of imidazole rings is 1. The first kappa shape index (κ1) is 15.3. The van der Waals surface area contributed by atoms with Crippen molar-refractivity contribution in [1.29, 1.82) is 5.26 Å². The van der Waals surface area contributed by atoms with Crippen LogP contribution in [0.4, 0.5) is 4.39 Å². The van der Waals surface area contributed by atoms with Gasteiger partial charge in [-0.05, 0) is 41.1 Å². The zero-order chi connectivity index (χ0) is 17.8. The molecule has 0 saturated heterocycles. The van der Waals surface area contributed by atoms with Crippen molar-refractivity contribution in [2.75, 3.05) is 0 Å². The standard InChI is InChI=1S/C20H9ClFN3S/c21-11-4-5-12-14(8-11)13-6-7-26-19(13)18-17(12)24-20(25-18)16-10(9-23)2-1-3-15(16)22/h1-8H,(H,24,25). The highest BCUT2D eigenvalue weighted by Crippen LogP contribution is 2.39. The third-order valence-corrected chi connectivity index (χ3v) is 5.66. The van der Waals surface area contributed by atoms with E-state index in [-0.39, 0.29) is 11.1 Å². The van der Waals surface area contributed by atoms with Gasteiger partial charge in [0.15, 0.2) is 0 Å². The van der Waals surface area contributed by atoms with Crippen LogP contribution in [0.2, 0.25) is 5.02 Å². The van der Waals surface area contributed by atoms with Crippen LogP contribution in [0.5, 0.6) is 0 Å². The molecule has 124 valence electrons. The van der Waals surface area contributed by atoms with E-state index in [1.807, 2.05) is 35.7 Å². The van der Waals surface area contributed by atoms with Gasteiger partial charge in [-0.2, -0.15) is 5.26 Å². The normalized spacial score (nSPS) is 11.4. The topological polar surface area (TPSA) is 52.5 Å². The molecule has 0 amide bonds. The summed E-state index contributed by atoms with van der Waals surface area (Å²) in [5, 5.41) is 15.0. The van der Waals surface area contributed by atoms with Crippen LogP contribution in [-0.2, 0) is 0 Å². The molecule has 0 unspecified atom stereocenters. The maximum absolute atomic E-state index is 14.4. The van der Waals surface area contributed by atoms with Crippen molar-refractivity contribution in [3.8, 4) is 17.5 Å². The molecule has 0 fully saturated rings. The van der Waals surface area contributed by atoms with Crippen LogP contribution in [0.1, 0.15) is 5.56 Å². The number of nitriles is 1. The quantitative estimate of drug-likeness (QED) is 0.374. The Morgan fingerprint density at radius 3 is 2.85 bits per heavy atom. The second kappa shape index (κ2) is 5.53.